The summed E-state index contributed by atoms with van der Waals surface area (Å²) < 4.78 is 10.6. The zero-order chi connectivity index (χ0) is 22.8. The number of aliphatic hydroxyl groups is 1. The van der Waals surface area contributed by atoms with E-state index in [-0.39, 0.29) is 16.2 Å². The van der Waals surface area contributed by atoms with Crippen LogP contribution >= 0.6 is 11.6 Å². The average Bonchev–Trinajstić information content (AvgIpc) is 3.09. The molecule has 1 aliphatic rings. The predicted molar refractivity (Wildman–Crippen MR) is 120 cm³/mol. The predicted octanol–water partition coefficient (Wildman–Crippen LogP) is 4.38. The molecule has 1 atom stereocenters. The van der Waals surface area contributed by atoms with E-state index in [0.717, 1.165) is 0 Å². The molecular formula is C24H19ClN2O5. The lowest BCUT2D eigenvalue weighted by Crippen LogP contribution is -2.29. The van der Waals surface area contributed by atoms with E-state index >= 15 is 0 Å². The number of hydrogen-bond acceptors (Lipinski definition) is 6. The fourth-order valence-electron chi connectivity index (χ4n) is 3.72. The molecule has 0 spiro atoms. The van der Waals surface area contributed by atoms with Crippen LogP contribution in [0.4, 0.5) is 5.69 Å². The first-order valence-electron chi connectivity index (χ1n) is 9.65. The van der Waals surface area contributed by atoms with Gasteiger partial charge in [-0.3, -0.25) is 19.5 Å². The van der Waals surface area contributed by atoms with Gasteiger partial charge in [0, 0.05) is 18.0 Å². The number of amides is 1. The Bertz CT molecular complexity index is 1230. The summed E-state index contributed by atoms with van der Waals surface area (Å²) in [5.74, 6) is -1.21. The smallest absolute Gasteiger partial charge is 0.300 e. The van der Waals surface area contributed by atoms with Crippen LogP contribution < -0.4 is 14.4 Å². The van der Waals surface area contributed by atoms with E-state index in [1.165, 1.54) is 25.2 Å². The highest BCUT2D eigenvalue weighted by molar-refractivity contribution is 6.52. The summed E-state index contributed by atoms with van der Waals surface area (Å²) in [6.45, 7) is 0. The second-order valence-corrected chi connectivity index (χ2v) is 7.38. The van der Waals surface area contributed by atoms with E-state index in [0.29, 0.717) is 22.7 Å². The lowest BCUT2D eigenvalue weighted by atomic mass is 9.96. The topological polar surface area (TPSA) is 89.0 Å². The highest BCUT2D eigenvalue weighted by Gasteiger charge is 2.48. The molecule has 1 aliphatic heterocycles. The number of anilines is 1. The van der Waals surface area contributed by atoms with E-state index in [1.807, 2.05) is 0 Å². The molecule has 0 bridgehead atoms. The first-order chi connectivity index (χ1) is 15.5. The fourth-order valence-corrected chi connectivity index (χ4v) is 3.93. The molecule has 7 nitrogen and oxygen atoms in total. The van der Waals surface area contributed by atoms with Crippen LogP contribution in [0, 0.1) is 0 Å². The normalized spacial score (nSPS) is 17.5. The molecule has 2 heterocycles. The molecule has 1 amide bonds. The lowest BCUT2D eigenvalue weighted by molar-refractivity contribution is -0.132. The number of Topliss-reactive ketones (excluding diaryl/α,β-unsaturated/α-hetero) is 1. The van der Waals surface area contributed by atoms with Gasteiger partial charge < -0.3 is 14.6 Å². The van der Waals surface area contributed by atoms with Crippen LogP contribution in [0.3, 0.4) is 0 Å². The first kappa shape index (κ1) is 21.4. The van der Waals surface area contributed by atoms with E-state index in [2.05, 4.69) is 4.98 Å². The number of rotatable bonds is 5. The largest absolute Gasteiger partial charge is 0.507 e. The first-order valence-corrected chi connectivity index (χ1v) is 10.0. The number of methoxy groups -OCH3 is 2. The zero-order valence-corrected chi connectivity index (χ0v) is 18.0. The maximum atomic E-state index is 13.2. The number of aromatic nitrogens is 1. The molecule has 2 aromatic carbocycles. The van der Waals surface area contributed by atoms with Crippen LogP contribution in [-0.2, 0) is 9.59 Å². The monoisotopic (exact) mass is 450 g/mol. The standard InChI is InChI=1S/C24H19ClN2O5/c1-31-15-9-10-17(25)16(12-15)22(28)20-21(14-6-5-11-26-13-14)27(24(30)23(20)29)18-7-3-4-8-19(18)32-2/h3-13,21,28H,1-2H3/b22-20+. The van der Waals surface area contributed by atoms with Crippen LogP contribution in [0.25, 0.3) is 5.76 Å². The fraction of sp³-hybridized carbons (Fsp3) is 0.125. The Morgan fingerprint density at radius 1 is 1.06 bits per heavy atom. The number of pyridine rings is 1. The van der Waals surface area contributed by atoms with Gasteiger partial charge in [-0.1, -0.05) is 29.8 Å². The number of hydrogen-bond donors (Lipinski definition) is 1. The van der Waals surface area contributed by atoms with Crippen molar-refractivity contribution in [1.29, 1.82) is 0 Å². The molecule has 4 rings (SSSR count). The van der Waals surface area contributed by atoms with Crippen molar-refractivity contribution in [2.75, 3.05) is 19.1 Å². The maximum Gasteiger partial charge on any atom is 0.300 e. The van der Waals surface area contributed by atoms with Crippen LogP contribution in [0.1, 0.15) is 17.2 Å². The molecule has 1 fully saturated rings. The van der Waals surface area contributed by atoms with Crippen molar-refractivity contribution in [2.24, 2.45) is 0 Å². The summed E-state index contributed by atoms with van der Waals surface area (Å²) >= 11 is 6.31. The van der Waals surface area contributed by atoms with Crippen molar-refractivity contribution in [3.05, 3.63) is 88.7 Å². The summed E-state index contributed by atoms with van der Waals surface area (Å²) in [5.41, 5.74) is 1.00. The summed E-state index contributed by atoms with van der Waals surface area (Å²) in [6, 6.07) is 14.0. The molecule has 1 unspecified atom stereocenters. The zero-order valence-electron chi connectivity index (χ0n) is 17.3. The third-order valence-corrected chi connectivity index (χ3v) is 5.55. The van der Waals surface area contributed by atoms with Gasteiger partial charge in [0.1, 0.15) is 17.3 Å². The van der Waals surface area contributed by atoms with Crippen molar-refractivity contribution in [2.45, 2.75) is 6.04 Å². The van der Waals surface area contributed by atoms with Gasteiger partial charge >= 0.3 is 0 Å². The Hall–Kier alpha value is -3.84. The van der Waals surface area contributed by atoms with Gasteiger partial charge in [0.15, 0.2) is 0 Å². The molecular weight excluding hydrogens is 432 g/mol. The van der Waals surface area contributed by atoms with Gasteiger partial charge in [-0.05, 0) is 42.0 Å². The number of aliphatic hydroxyl groups excluding tert-OH is 1. The molecule has 1 saturated heterocycles. The maximum absolute atomic E-state index is 13.2. The molecule has 0 radical (unpaired) electrons. The van der Waals surface area contributed by atoms with Crippen LogP contribution in [0.5, 0.6) is 11.5 Å². The number of carbonyl (C=O) groups is 2. The number of nitrogens with zero attached hydrogens (tertiary/aromatic N) is 2. The number of para-hydroxylation sites is 2. The molecule has 32 heavy (non-hydrogen) atoms. The molecule has 1 aromatic heterocycles. The molecule has 8 heteroatoms. The Morgan fingerprint density at radius 3 is 2.53 bits per heavy atom. The Morgan fingerprint density at radius 2 is 1.84 bits per heavy atom. The number of ketones is 1. The molecule has 162 valence electrons. The molecule has 1 N–H and O–H groups in total. The van der Waals surface area contributed by atoms with Crippen molar-refractivity contribution in [1.82, 2.24) is 4.98 Å². The van der Waals surface area contributed by atoms with Gasteiger partial charge in [0.05, 0.1) is 36.5 Å². The third-order valence-electron chi connectivity index (χ3n) is 5.22. The van der Waals surface area contributed by atoms with Gasteiger partial charge in [0.2, 0.25) is 0 Å². The van der Waals surface area contributed by atoms with Crippen LogP contribution in [0.2, 0.25) is 5.02 Å². The minimum Gasteiger partial charge on any atom is -0.507 e. The van der Waals surface area contributed by atoms with Crippen molar-refractivity contribution in [3.63, 3.8) is 0 Å². The Kier molecular flexibility index (Phi) is 5.83. The second-order valence-electron chi connectivity index (χ2n) is 6.97. The second kappa shape index (κ2) is 8.72. The number of halogens is 1. The highest BCUT2D eigenvalue weighted by atomic mass is 35.5. The number of carbonyl (C=O) groups excluding carboxylic acids is 2. The van der Waals surface area contributed by atoms with E-state index in [1.54, 1.807) is 60.9 Å². The van der Waals surface area contributed by atoms with Crippen LogP contribution in [0.15, 0.2) is 72.6 Å². The van der Waals surface area contributed by atoms with E-state index in [9.17, 15) is 14.7 Å². The number of ether oxygens (including phenoxy) is 2. The summed E-state index contributed by atoms with van der Waals surface area (Å²) in [4.78, 5) is 31.9. The Balaban J connectivity index is 1.99. The van der Waals surface area contributed by atoms with Crippen molar-refractivity contribution >= 4 is 34.7 Å². The van der Waals surface area contributed by atoms with E-state index in [4.69, 9.17) is 21.1 Å². The van der Waals surface area contributed by atoms with Gasteiger partial charge in [0.25, 0.3) is 11.7 Å². The van der Waals surface area contributed by atoms with Gasteiger partial charge in [-0.25, -0.2) is 0 Å². The molecule has 0 saturated carbocycles. The quantitative estimate of drug-likeness (QED) is 0.352. The van der Waals surface area contributed by atoms with Gasteiger partial charge in [-0.15, -0.1) is 0 Å². The Labute approximate surface area is 189 Å². The van der Waals surface area contributed by atoms with E-state index < -0.39 is 23.5 Å². The minimum atomic E-state index is -0.942. The SMILES string of the molecule is COc1ccc(Cl)c(/C(O)=C2\C(=O)C(=O)N(c3ccccc3OC)C2c2cccnc2)c1. The third kappa shape index (κ3) is 3.56. The summed E-state index contributed by atoms with van der Waals surface area (Å²) in [7, 11) is 2.95. The molecule has 0 aliphatic carbocycles. The van der Waals surface area contributed by atoms with Crippen molar-refractivity contribution < 1.29 is 24.2 Å². The average molecular weight is 451 g/mol. The van der Waals surface area contributed by atoms with Gasteiger partial charge in [-0.2, -0.15) is 0 Å². The highest BCUT2D eigenvalue weighted by Crippen LogP contribution is 2.45. The van der Waals surface area contributed by atoms with Crippen LogP contribution in [-0.4, -0.2) is 36.0 Å². The minimum absolute atomic E-state index is 0.107. The lowest BCUT2D eigenvalue weighted by Gasteiger charge is -2.26. The summed E-state index contributed by atoms with van der Waals surface area (Å²) in [6.07, 6.45) is 3.12. The number of benzene rings is 2. The molecule has 3 aromatic rings. The van der Waals surface area contributed by atoms with Crippen molar-refractivity contribution in [3.8, 4) is 11.5 Å². The summed E-state index contributed by atoms with van der Waals surface area (Å²) in [5, 5.41) is 11.4.